The molecule has 2 aromatic rings. The molecule has 0 saturated carbocycles. The summed E-state index contributed by atoms with van der Waals surface area (Å²) in [7, 11) is 0. The molecular formula is C13H13F3N4OS2. The second kappa shape index (κ2) is 7.64. The molecule has 5 nitrogen and oxygen atoms in total. The molecule has 0 bridgehead atoms. The van der Waals surface area contributed by atoms with Crippen molar-refractivity contribution in [1.82, 2.24) is 10.2 Å². The number of nitrogens with one attached hydrogen (secondary N) is 2. The number of carbonyl (C=O) groups is 1. The fraction of sp³-hybridized carbons (Fsp3) is 0.308. The Labute approximate surface area is 138 Å². The molecule has 2 rings (SSSR count). The van der Waals surface area contributed by atoms with Gasteiger partial charge >= 0.3 is 6.18 Å². The predicted octanol–water partition coefficient (Wildman–Crippen LogP) is 3.63. The lowest BCUT2D eigenvalue weighted by Crippen LogP contribution is -2.22. The van der Waals surface area contributed by atoms with Crippen LogP contribution in [0.1, 0.15) is 6.92 Å². The van der Waals surface area contributed by atoms with E-state index in [4.69, 9.17) is 0 Å². The number of rotatable bonds is 6. The second-order valence-corrected chi connectivity index (χ2v) is 7.02. The molecule has 1 atom stereocenters. The van der Waals surface area contributed by atoms with Gasteiger partial charge in [0.25, 0.3) is 0 Å². The van der Waals surface area contributed by atoms with Crippen LogP contribution < -0.4 is 10.6 Å². The highest BCUT2D eigenvalue weighted by Crippen LogP contribution is 2.30. The average molecular weight is 362 g/mol. The van der Waals surface area contributed by atoms with Gasteiger partial charge in [0.2, 0.25) is 11.0 Å². The van der Waals surface area contributed by atoms with E-state index in [0.717, 1.165) is 23.1 Å². The summed E-state index contributed by atoms with van der Waals surface area (Å²) in [5, 5.41) is 11.9. The number of alkyl halides is 3. The zero-order valence-corrected chi connectivity index (χ0v) is 13.6. The summed E-state index contributed by atoms with van der Waals surface area (Å²) < 4.78 is 36.7. The fourth-order valence-electron chi connectivity index (χ4n) is 1.47. The van der Waals surface area contributed by atoms with Crippen molar-refractivity contribution in [3.8, 4) is 0 Å². The molecule has 0 aliphatic rings. The first-order valence-electron chi connectivity index (χ1n) is 6.50. The number of benzene rings is 1. The zero-order valence-electron chi connectivity index (χ0n) is 11.9. The molecule has 124 valence electrons. The highest BCUT2D eigenvalue weighted by Gasteiger charge is 2.27. The van der Waals surface area contributed by atoms with E-state index in [1.807, 2.05) is 6.07 Å². The SMILES string of the molecule is CC(Sc1nnc(NCC(F)(F)F)s1)C(=O)Nc1ccccc1. The predicted molar refractivity (Wildman–Crippen MR) is 84.8 cm³/mol. The summed E-state index contributed by atoms with van der Waals surface area (Å²) in [6, 6.07) is 8.97. The third kappa shape index (κ3) is 6.06. The molecule has 1 aromatic heterocycles. The number of nitrogens with zero attached hydrogens (tertiary/aromatic N) is 2. The van der Waals surface area contributed by atoms with Crippen molar-refractivity contribution in [3.05, 3.63) is 30.3 Å². The van der Waals surface area contributed by atoms with Crippen LogP contribution in [0.2, 0.25) is 0 Å². The number of hydrogen-bond donors (Lipinski definition) is 2. The van der Waals surface area contributed by atoms with Crippen molar-refractivity contribution in [3.63, 3.8) is 0 Å². The standard InChI is InChI=1S/C13H13F3N4OS2/c1-8(10(21)18-9-5-3-2-4-6-9)22-12-20-19-11(23-12)17-7-13(14,15)16/h2-6,8H,7H2,1H3,(H,17,19)(H,18,21). The van der Waals surface area contributed by atoms with Gasteiger partial charge in [-0.15, -0.1) is 10.2 Å². The Bertz CT molecular complexity index is 648. The number of aromatic nitrogens is 2. The van der Waals surface area contributed by atoms with Crippen molar-refractivity contribution >= 4 is 39.8 Å². The molecule has 0 aliphatic carbocycles. The molecule has 1 heterocycles. The average Bonchev–Trinajstić information content (AvgIpc) is 2.93. The van der Waals surface area contributed by atoms with E-state index in [1.165, 1.54) is 0 Å². The fourth-order valence-corrected chi connectivity index (χ4v) is 3.37. The van der Waals surface area contributed by atoms with Gasteiger partial charge in [0.15, 0.2) is 4.34 Å². The van der Waals surface area contributed by atoms with Crippen molar-refractivity contribution in [2.75, 3.05) is 17.2 Å². The number of thioether (sulfide) groups is 1. The second-order valence-electron chi connectivity index (χ2n) is 4.46. The molecule has 23 heavy (non-hydrogen) atoms. The number of amides is 1. The Morgan fingerprint density at radius 3 is 2.65 bits per heavy atom. The Hall–Kier alpha value is -1.81. The van der Waals surface area contributed by atoms with Crippen LogP contribution in [0.25, 0.3) is 0 Å². The number of hydrogen-bond acceptors (Lipinski definition) is 6. The van der Waals surface area contributed by atoms with Gasteiger partial charge in [-0.25, -0.2) is 0 Å². The molecule has 1 unspecified atom stereocenters. The number of carbonyl (C=O) groups excluding carboxylic acids is 1. The minimum absolute atomic E-state index is 0.0699. The molecule has 1 amide bonds. The Morgan fingerprint density at radius 1 is 1.30 bits per heavy atom. The van der Waals surface area contributed by atoms with E-state index < -0.39 is 18.0 Å². The van der Waals surface area contributed by atoms with Crippen LogP contribution >= 0.6 is 23.1 Å². The largest absolute Gasteiger partial charge is 0.405 e. The van der Waals surface area contributed by atoms with Gasteiger partial charge in [0, 0.05) is 5.69 Å². The minimum atomic E-state index is -4.32. The molecule has 2 N–H and O–H groups in total. The topological polar surface area (TPSA) is 66.9 Å². The van der Waals surface area contributed by atoms with E-state index in [2.05, 4.69) is 20.8 Å². The lowest BCUT2D eigenvalue weighted by atomic mass is 10.3. The highest BCUT2D eigenvalue weighted by molar-refractivity contribution is 8.02. The summed E-state index contributed by atoms with van der Waals surface area (Å²) in [4.78, 5) is 12.0. The number of para-hydroxylation sites is 1. The Balaban J connectivity index is 1.86. The van der Waals surface area contributed by atoms with Crippen LogP contribution in [0.4, 0.5) is 24.0 Å². The van der Waals surface area contributed by atoms with Gasteiger partial charge in [-0.2, -0.15) is 13.2 Å². The summed E-state index contributed by atoms with van der Waals surface area (Å²) in [6.07, 6.45) is -4.32. The van der Waals surface area contributed by atoms with Gasteiger partial charge in [-0.05, 0) is 19.1 Å². The van der Waals surface area contributed by atoms with Crippen molar-refractivity contribution in [1.29, 1.82) is 0 Å². The quantitative estimate of drug-likeness (QED) is 0.768. The van der Waals surface area contributed by atoms with E-state index >= 15 is 0 Å². The third-order valence-corrected chi connectivity index (χ3v) is 4.60. The van der Waals surface area contributed by atoms with Crippen LogP contribution in [0.15, 0.2) is 34.7 Å². The molecule has 1 aromatic carbocycles. The first-order chi connectivity index (χ1) is 10.8. The lowest BCUT2D eigenvalue weighted by molar-refractivity contribution is -0.116. The monoisotopic (exact) mass is 362 g/mol. The smallest absolute Gasteiger partial charge is 0.351 e. The first-order valence-corrected chi connectivity index (χ1v) is 8.20. The van der Waals surface area contributed by atoms with Gasteiger partial charge in [-0.3, -0.25) is 4.79 Å². The number of anilines is 2. The van der Waals surface area contributed by atoms with Crippen LogP contribution in [-0.4, -0.2) is 34.1 Å². The lowest BCUT2D eigenvalue weighted by Gasteiger charge is -2.09. The molecule has 0 radical (unpaired) electrons. The van der Waals surface area contributed by atoms with Gasteiger partial charge in [0.1, 0.15) is 6.54 Å². The van der Waals surface area contributed by atoms with Crippen molar-refractivity contribution < 1.29 is 18.0 Å². The van der Waals surface area contributed by atoms with Crippen LogP contribution in [0.3, 0.4) is 0 Å². The van der Waals surface area contributed by atoms with Crippen molar-refractivity contribution in [2.24, 2.45) is 0 Å². The molecule has 10 heteroatoms. The van der Waals surface area contributed by atoms with Crippen LogP contribution in [0.5, 0.6) is 0 Å². The maximum atomic E-state index is 12.1. The molecule has 0 aliphatic heterocycles. The van der Waals surface area contributed by atoms with E-state index in [0.29, 0.717) is 10.0 Å². The van der Waals surface area contributed by atoms with E-state index in [-0.39, 0.29) is 11.0 Å². The van der Waals surface area contributed by atoms with Gasteiger partial charge in [0.05, 0.1) is 5.25 Å². The van der Waals surface area contributed by atoms with E-state index in [9.17, 15) is 18.0 Å². The van der Waals surface area contributed by atoms with Crippen LogP contribution in [0, 0.1) is 0 Å². The summed E-state index contributed by atoms with van der Waals surface area (Å²) in [6.45, 7) is 0.517. The maximum Gasteiger partial charge on any atom is 0.405 e. The Morgan fingerprint density at radius 2 is 2.00 bits per heavy atom. The molecule has 0 saturated heterocycles. The molecule has 0 fully saturated rings. The summed E-state index contributed by atoms with van der Waals surface area (Å²) in [5.41, 5.74) is 0.676. The normalized spacial score (nSPS) is 12.7. The van der Waals surface area contributed by atoms with E-state index in [1.54, 1.807) is 31.2 Å². The summed E-state index contributed by atoms with van der Waals surface area (Å²) >= 11 is 2.11. The minimum Gasteiger partial charge on any atom is -0.351 e. The number of halogens is 3. The first kappa shape index (κ1) is 17.5. The molecule has 0 spiro atoms. The zero-order chi connectivity index (χ0) is 16.9. The van der Waals surface area contributed by atoms with Gasteiger partial charge in [-0.1, -0.05) is 41.3 Å². The van der Waals surface area contributed by atoms with Crippen molar-refractivity contribution in [2.45, 2.75) is 22.7 Å². The maximum absolute atomic E-state index is 12.1. The van der Waals surface area contributed by atoms with Crippen LogP contribution in [-0.2, 0) is 4.79 Å². The summed E-state index contributed by atoms with van der Waals surface area (Å²) in [5.74, 6) is -0.221. The molecular weight excluding hydrogens is 349 g/mol. The van der Waals surface area contributed by atoms with Gasteiger partial charge < -0.3 is 10.6 Å². The third-order valence-electron chi connectivity index (χ3n) is 2.53. The Kier molecular flexibility index (Phi) is 5.83. The highest BCUT2D eigenvalue weighted by atomic mass is 32.2.